The van der Waals surface area contributed by atoms with Crippen LogP contribution in [-0.4, -0.2) is 23.1 Å². The van der Waals surface area contributed by atoms with Crippen LogP contribution in [0.3, 0.4) is 0 Å². The van der Waals surface area contributed by atoms with Crippen LogP contribution in [0.4, 0.5) is 0 Å². The van der Waals surface area contributed by atoms with Crippen LogP contribution in [0.15, 0.2) is 52.8 Å². The summed E-state index contributed by atoms with van der Waals surface area (Å²) in [5, 5.41) is 0. The molecule has 0 amide bonds. The van der Waals surface area contributed by atoms with Crippen molar-refractivity contribution in [2.24, 2.45) is 0 Å². The van der Waals surface area contributed by atoms with Gasteiger partial charge in [-0.15, -0.1) is 0 Å². The van der Waals surface area contributed by atoms with Gasteiger partial charge in [-0.05, 0) is 35.9 Å². The summed E-state index contributed by atoms with van der Waals surface area (Å²) in [4.78, 5) is 18.1. The van der Waals surface area contributed by atoms with Crippen LogP contribution < -0.4 is 19.6 Å². The molecule has 0 aliphatic carbocycles. The standard InChI is InChI=1S/C20H14N2O3S/c1-24-16-8-4-5-13-9-12(11-25-18(13)16)10-17-19(23)22-15-7-3-2-6-14(15)21-20(22)26-17/h2-10H,11H2,1H3. The molecule has 0 fully saturated rings. The van der Waals surface area contributed by atoms with E-state index in [-0.39, 0.29) is 5.56 Å². The lowest BCUT2D eigenvalue weighted by atomic mass is 10.1. The smallest absolute Gasteiger partial charge is 0.274 e. The van der Waals surface area contributed by atoms with Gasteiger partial charge in [0.2, 0.25) is 0 Å². The highest BCUT2D eigenvalue weighted by molar-refractivity contribution is 7.15. The maximum Gasteiger partial charge on any atom is 0.274 e. The molecule has 0 saturated carbocycles. The molecule has 5 rings (SSSR count). The van der Waals surface area contributed by atoms with E-state index < -0.39 is 0 Å². The zero-order chi connectivity index (χ0) is 17.7. The second kappa shape index (κ2) is 5.71. The van der Waals surface area contributed by atoms with Crippen molar-refractivity contribution in [2.75, 3.05) is 13.7 Å². The van der Waals surface area contributed by atoms with E-state index in [0.29, 0.717) is 21.8 Å². The first kappa shape index (κ1) is 15.2. The number of para-hydroxylation sites is 3. The van der Waals surface area contributed by atoms with Crippen molar-refractivity contribution in [2.45, 2.75) is 0 Å². The molecule has 0 radical (unpaired) electrons. The average molecular weight is 362 g/mol. The highest BCUT2D eigenvalue weighted by atomic mass is 32.1. The van der Waals surface area contributed by atoms with Gasteiger partial charge in [-0.2, -0.15) is 0 Å². The highest BCUT2D eigenvalue weighted by Crippen LogP contribution is 2.35. The molecule has 1 aliphatic rings. The second-order valence-electron chi connectivity index (χ2n) is 6.02. The molecule has 128 valence electrons. The molecule has 26 heavy (non-hydrogen) atoms. The number of rotatable bonds is 2. The molecule has 1 aliphatic heterocycles. The lowest BCUT2D eigenvalue weighted by Gasteiger charge is -2.18. The van der Waals surface area contributed by atoms with Gasteiger partial charge in [0.15, 0.2) is 16.5 Å². The first-order valence-corrected chi connectivity index (χ1v) is 8.98. The number of thiazole rings is 1. The minimum atomic E-state index is -0.0453. The van der Waals surface area contributed by atoms with Gasteiger partial charge in [-0.1, -0.05) is 35.6 Å². The van der Waals surface area contributed by atoms with E-state index in [9.17, 15) is 4.79 Å². The van der Waals surface area contributed by atoms with E-state index in [1.165, 1.54) is 11.3 Å². The van der Waals surface area contributed by atoms with Crippen molar-refractivity contribution in [1.82, 2.24) is 9.38 Å². The topological polar surface area (TPSA) is 52.8 Å². The number of imidazole rings is 1. The fourth-order valence-electron chi connectivity index (χ4n) is 3.22. The fourth-order valence-corrected chi connectivity index (χ4v) is 4.22. The Bertz CT molecular complexity index is 1300. The summed E-state index contributed by atoms with van der Waals surface area (Å²) in [6.45, 7) is 0.397. The van der Waals surface area contributed by atoms with Crippen LogP contribution in [0.5, 0.6) is 11.5 Å². The van der Waals surface area contributed by atoms with Crippen molar-refractivity contribution >= 4 is 39.5 Å². The number of ether oxygens (including phenoxy) is 2. The SMILES string of the molecule is COc1cccc2c1OCC(C=c1sc3nc4ccccc4n3c1=O)=C2. The number of aromatic nitrogens is 2. The van der Waals surface area contributed by atoms with Gasteiger partial charge in [-0.3, -0.25) is 4.79 Å². The van der Waals surface area contributed by atoms with Gasteiger partial charge in [-0.25, -0.2) is 9.38 Å². The number of hydrogen-bond acceptors (Lipinski definition) is 5. The van der Waals surface area contributed by atoms with Gasteiger partial charge in [0, 0.05) is 5.56 Å². The Hall–Kier alpha value is -3.12. The molecule has 2 aromatic heterocycles. The van der Waals surface area contributed by atoms with Crippen LogP contribution in [0.25, 0.3) is 28.1 Å². The lowest BCUT2D eigenvalue weighted by Crippen LogP contribution is -2.23. The quantitative estimate of drug-likeness (QED) is 0.550. The summed E-state index contributed by atoms with van der Waals surface area (Å²) in [5.41, 5.74) is 3.52. The largest absolute Gasteiger partial charge is 0.493 e. The third-order valence-corrected chi connectivity index (χ3v) is 5.38. The van der Waals surface area contributed by atoms with Crippen LogP contribution in [-0.2, 0) is 0 Å². The van der Waals surface area contributed by atoms with Crippen molar-refractivity contribution in [3.05, 3.63) is 68.5 Å². The Kier molecular flexibility index (Phi) is 3.33. The van der Waals surface area contributed by atoms with Crippen molar-refractivity contribution in [1.29, 1.82) is 0 Å². The Morgan fingerprint density at radius 3 is 3.00 bits per heavy atom. The minimum Gasteiger partial charge on any atom is -0.493 e. The Morgan fingerprint density at radius 2 is 2.12 bits per heavy atom. The summed E-state index contributed by atoms with van der Waals surface area (Å²) in [7, 11) is 1.62. The van der Waals surface area contributed by atoms with E-state index in [0.717, 1.165) is 27.9 Å². The summed E-state index contributed by atoms with van der Waals surface area (Å²) >= 11 is 1.39. The molecular formula is C20H14N2O3S. The van der Waals surface area contributed by atoms with E-state index in [1.54, 1.807) is 11.5 Å². The summed E-state index contributed by atoms with van der Waals surface area (Å²) < 4.78 is 13.5. The van der Waals surface area contributed by atoms with Gasteiger partial charge >= 0.3 is 0 Å². The molecule has 0 saturated heterocycles. The van der Waals surface area contributed by atoms with Gasteiger partial charge in [0.25, 0.3) is 5.56 Å². The first-order valence-electron chi connectivity index (χ1n) is 8.17. The Balaban J connectivity index is 1.66. The number of fused-ring (bicyclic) bond motifs is 4. The number of benzene rings is 2. The number of methoxy groups -OCH3 is 1. The average Bonchev–Trinajstić information content (AvgIpc) is 3.17. The third kappa shape index (κ3) is 2.23. The van der Waals surface area contributed by atoms with E-state index in [1.807, 2.05) is 54.6 Å². The van der Waals surface area contributed by atoms with E-state index in [4.69, 9.17) is 9.47 Å². The zero-order valence-electron chi connectivity index (χ0n) is 13.9. The van der Waals surface area contributed by atoms with Crippen molar-refractivity contribution in [3.8, 4) is 11.5 Å². The molecule has 6 heteroatoms. The fraction of sp³-hybridized carbons (Fsp3) is 0.100. The first-order chi connectivity index (χ1) is 12.7. The van der Waals surface area contributed by atoms with Crippen LogP contribution in [0, 0.1) is 0 Å². The minimum absolute atomic E-state index is 0.0453. The van der Waals surface area contributed by atoms with Crippen LogP contribution in [0.2, 0.25) is 0 Å². The Morgan fingerprint density at radius 1 is 1.23 bits per heavy atom. The van der Waals surface area contributed by atoms with Crippen LogP contribution in [0.1, 0.15) is 5.56 Å². The van der Waals surface area contributed by atoms with E-state index >= 15 is 0 Å². The molecule has 0 N–H and O–H groups in total. The van der Waals surface area contributed by atoms with Gasteiger partial charge < -0.3 is 9.47 Å². The molecule has 0 spiro atoms. The second-order valence-corrected chi connectivity index (χ2v) is 7.03. The predicted octanol–water partition coefficient (Wildman–Crippen LogP) is 2.89. The molecule has 4 aromatic rings. The monoisotopic (exact) mass is 362 g/mol. The van der Waals surface area contributed by atoms with Gasteiger partial charge in [0.1, 0.15) is 6.61 Å². The molecule has 0 bridgehead atoms. The molecule has 0 atom stereocenters. The summed E-state index contributed by atoms with van der Waals surface area (Å²) in [6, 6.07) is 13.4. The molecule has 3 heterocycles. The highest BCUT2D eigenvalue weighted by Gasteiger charge is 2.16. The number of nitrogens with zero attached hydrogens (tertiary/aromatic N) is 2. The molecule has 5 nitrogen and oxygen atoms in total. The maximum absolute atomic E-state index is 12.8. The molecular weight excluding hydrogens is 348 g/mol. The zero-order valence-corrected chi connectivity index (χ0v) is 14.7. The maximum atomic E-state index is 12.8. The van der Waals surface area contributed by atoms with Crippen LogP contribution >= 0.6 is 11.3 Å². The molecule has 0 unspecified atom stereocenters. The molecule has 2 aromatic carbocycles. The van der Waals surface area contributed by atoms with E-state index in [2.05, 4.69) is 4.98 Å². The van der Waals surface area contributed by atoms with Crippen molar-refractivity contribution < 1.29 is 9.47 Å². The summed E-state index contributed by atoms with van der Waals surface area (Å²) in [6.07, 6.45) is 3.92. The van der Waals surface area contributed by atoms with Crippen molar-refractivity contribution in [3.63, 3.8) is 0 Å². The summed E-state index contributed by atoms with van der Waals surface area (Å²) in [5.74, 6) is 1.45. The lowest BCUT2D eigenvalue weighted by molar-refractivity contribution is 0.319. The Labute approximate surface area is 152 Å². The third-order valence-electron chi connectivity index (χ3n) is 4.41. The number of hydrogen-bond donors (Lipinski definition) is 0. The normalized spacial score (nSPS) is 14.3. The van der Waals surface area contributed by atoms with Gasteiger partial charge in [0.05, 0.1) is 22.7 Å². The predicted molar refractivity (Wildman–Crippen MR) is 103 cm³/mol.